The topological polar surface area (TPSA) is 12.9 Å². The van der Waals surface area contributed by atoms with Gasteiger partial charge in [0.05, 0.1) is 0 Å². The third-order valence-corrected chi connectivity index (χ3v) is 1.77. The van der Waals surface area contributed by atoms with Gasteiger partial charge in [-0.05, 0) is 0 Å². The Balaban J connectivity index is 0. The Morgan fingerprint density at radius 2 is 1.21 bits per heavy atom. The van der Waals surface area contributed by atoms with Crippen LogP contribution in [0.15, 0.2) is 18.2 Å². The zero-order chi connectivity index (χ0) is 9.14. The van der Waals surface area contributed by atoms with Crippen molar-refractivity contribution in [3.05, 3.63) is 41.4 Å². The number of aromatic nitrogens is 1. The summed E-state index contributed by atoms with van der Waals surface area (Å²) in [6.07, 6.45) is 0. The van der Waals surface area contributed by atoms with Gasteiger partial charge in [-0.25, -0.2) is 18.2 Å². The molecule has 1 rings (SSSR count). The van der Waals surface area contributed by atoms with Crippen molar-refractivity contribution in [2.75, 3.05) is 0 Å². The van der Waals surface area contributed by atoms with Crippen LogP contribution in [-0.4, -0.2) is 4.98 Å². The van der Waals surface area contributed by atoms with Crippen LogP contribution >= 0.6 is 0 Å². The Morgan fingerprint density at radius 1 is 0.857 bits per heavy atom. The summed E-state index contributed by atoms with van der Waals surface area (Å²) in [6.45, 7) is 8.32. The van der Waals surface area contributed by atoms with Gasteiger partial charge in [0.1, 0.15) is 0 Å². The number of hydrogen-bond donors (Lipinski definition) is 0. The molecule has 14 heavy (non-hydrogen) atoms. The first-order chi connectivity index (χ1) is 5.61. The van der Waals surface area contributed by atoms with E-state index in [0.29, 0.717) is 0 Å². The number of nitrogens with zero attached hydrogens (tertiary/aromatic N) is 1. The molecule has 1 heterocycles. The predicted molar refractivity (Wildman–Crippen MR) is 51.6 cm³/mol. The third-order valence-electron chi connectivity index (χ3n) is 1.77. The summed E-state index contributed by atoms with van der Waals surface area (Å²) in [5.41, 5.74) is 2.18. The predicted octanol–water partition coefficient (Wildman–Crippen LogP) is 3.00. The van der Waals surface area contributed by atoms with Gasteiger partial charge in [0, 0.05) is 65.4 Å². The van der Waals surface area contributed by atoms with Gasteiger partial charge in [-0.15, -0.1) is 39.1 Å². The zero-order valence-corrected chi connectivity index (χ0v) is 15.0. The first kappa shape index (κ1) is 17.5. The normalized spacial score (nSPS) is 8.29. The summed E-state index contributed by atoms with van der Waals surface area (Å²) in [6, 6.07) is 6.14. The van der Waals surface area contributed by atoms with E-state index in [1.165, 1.54) is 11.8 Å². The van der Waals surface area contributed by atoms with Gasteiger partial charge in [-0.1, -0.05) is 0 Å². The van der Waals surface area contributed by atoms with Crippen LogP contribution < -0.4 is 0 Å². The molecule has 72 valence electrons. The van der Waals surface area contributed by atoms with Gasteiger partial charge in [0.15, 0.2) is 0 Å². The SMILES string of the molecule is C[C-](C)c1cccc([C-](C)C)n1.[Y].[Y]. The molecule has 0 bridgehead atoms. The average Bonchev–Trinajstić information content (AvgIpc) is 2.04. The second-order valence-electron chi connectivity index (χ2n) is 3.41. The Labute approximate surface area is 138 Å². The van der Waals surface area contributed by atoms with Gasteiger partial charge in [0.2, 0.25) is 0 Å². The molecule has 0 amide bonds. The van der Waals surface area contributed by atoms with E-state index in [4.69, 9.17) is 0 Å². The second-order valence-corrected chi connectivity index (χ2v) is 3.41. The van der Waals surface area contributed by atoms with E-state index in [0.717, 1.165) is 11.4 Å². The first-order valence-corrected chi connectivity index (χ1v) is 4.19. The molecule has 2 radical (unpaired) electrons. The van der Waals surface area contributed by atoms with Crippen LogP contribution in [0, 0.1) is 11.8 Å². The molecule has 0 saturated carbocycles. The summed E-state index contributed by atoms with van der Waals surface area (Å²) in [7, 11) is 0. The minimum absolute atomic E-state index is 0. The molecule has 0 aliphatic rings. The fourth-order valence-electron chi connectivity index (χ4n) is 0.992. The Morgan fingerprint density at radius 3 is 1.50 bits per heavy atom. The number of rotatable bonds is 2. The molecule has 1 aromatic rings. The first-order valence-electron chi connectivity index (χ1n) is 4.19. The fourth-order valence-corrected chi connectivity index (χ4v) is 0.992. The summed E-state index contributed by atoms with van der Waals surface area (Å²) in [5, 5.41) is 0. The maximum Gasteiger partial charge on any atom is 0 e. The molecule has 0 aliphatic carbocycles. The smallest absolute Gasteiger partial charge is 0 e. The van der Waals surface area contributed by atoms with E-state index in [1.54, 1.807) is 0 Å². The minimum Gasteiger partial charge on any atom is -0.326 e. The van der Waals surface area contributed by atoms with E-state index in [-0.39, 0.29) is 65.4 Å². The standard InChI is InChI=1S/C11H15N.2Y/c1-8(2)10-6-5-7-11(12-10)9(3)4;;/h5-7H,1-4H3;;/q-2;;. The summed E-state index contributed by atoms with van der Waals surface area (Å²) < 4.78 is 0. The van der Waals surface area contributed by atoms with E-state index in [9.17, 15) is 0 Å². The maximum absolute atomic E-state index is 4.50. The molecule has 0 aromatic carbocycles. The van der Waals surface area contributed by atoms with Gasteiger partial charge in [-0.3, -0.25) is 0 Å². The van der Waals surface area contributed by atoms with Crippen LogP contribution in [0.4, 0.5) is 0 Å². The Kier molecular flexibility index (Phi) is 10.3. The number of pyridine rings is 1. The van der Waals surface area contributed by atoms with Crippen molar-refractivity contribution in [3.8, 4) is 0 Å². The van der Waals surface area contributed by atoms with E-state index in [2.05, 4.69) is 38.7 Å². The number of hydrogen-bond acceptors (Lipinski definition) is 1. The van der Waals surface area contributed by atoms with Gasteiger partial charge < -0.3 is 4.98 Å². The third kappa shape index (κ3) is 5.26. The molecule has 0 fully saturated rings. The van der Waals surface area contributed by atoms with Crippen molar-refractivity contribution in [3.63, 3.8) is 0 Å². The Bertz CT molecular complexity index is 236. The Hall–Kier alpha value is 1.10. The van der Waals surface area contributed by atoms with Crippen molar-refractivity contribution in [2.24, 2.45) is 0 Å². The van der Waals surface area contributed by atoms with Gasteiger partial charge in [-0.2, -0.15) is 11.8 Å². The van der Waals surface area contributed by atoms with Crippen molar-refractivity contribution < 1.29 is 65.4 Å². The van der Waals surface area contributed by atoms with Crippen molar-refractivity contribution in [2.45, 2.75) is 27.7 Å². The average molecular weight is 339 g/mol. The summed E-state index contributed by atoms with van der Waals surface area (Å²) in [4.78, 5) is 4.50. The molecule has 0 unspecified atom stereocenters. The largest absolute Gasteiger partial charge is 0.326 e. The van der Waals surface area contributed by atoms with E-state index in [1.807, 2.05) is 12.1 Å². The summed E-state index contributed by atoms with van der Waals surface area (Å²) >= 11 is 0. The minimum atomic E-state index is 0. The van der Waals surface area contributed by atoms with Crippen molar-refractivity contribution >= 4 is 0 Å². The van der Waals surface area contributed by atoms with Gasteiger partial charge >= 0.3 is 0 Å². The van der Waals surface area contributed by atoms with Crippen LogP contribution in [0.25, 0.3) is 0 Å². The molecule has 0 atom stereocenters. The zero-order valence-electron chi connectivity index (χ0n) is 9.33. The monoisotopic (exact) mass is 339 g/mol. The van der Waals surface area contributed by atoms with E-state index >= 15 is 0 Å². The molecule has 1 nitrogen and oxygen atoms in total. The van der Waals surface area contributed by atoms with E-state index < -0.39 is 0 Å². The van der Waals surface area contributed by atoms with Crippen molar-refractivity contribution in [1.29, 1.82) is 0 Å². The maximum atomic E-state index is 4.50. The van der Waals surface area contributed by atoms with Crippen LogP contribution in [-0.2, 0) is 65.4 Å². The molecular weight excluding hydrogens is 324 g/mol. The molecular formula is C11H15NY2-2. The molecule has 0 spiro atoms. The molecule has 0 saturated heterocycles. The molecule has 0 N–H and O–H groups in total. The fraction of sp³-hybridized carbons (Fsp3) is 0.364. The van der Waals surface area contributed by atoms with Gasteiger partial charge in [0.25, 0.3) is 0 Å². The molecule has 3 heteroatoms. The van der Waals surface area contributed by atoms with Crippen LogP contribution in [0.1, 0.15) is 39.1 Å². The van der Waals surface area contributed by atoms with Crippen molar-refractivity contribution in [1.82, 2.24) is 4.98 Å². The molecule has 0 aliphatic heterocycles. The van der Waals surface area contributed by atoms with Crippen LogP contribution in [0.5, 0.6) is 0 Å². The molecule has 1 aromatic heterocycles. The van der Waals surface area contributed by atoms with Crippen LogP contribution in [0.2, 0.25) is 0 Å². The quantitative estimate of drug-likeness (QED) is 0.755. The van der Waals surface area contributed by atoms with Crippen LogP contribution in [0.3, 0.4) is 0 Å². The summed E-state index contributed by atoms with van der Waals surface area (Å²) in [5.74, 6) is 2.52. The second kappa shape index (κ2) is 8.27.